The zero-order chi connectivity index (χ0) is 16.4. The molecule has 1 saturated heterocycles. The number of amides is 1. The molecule has 22 heavy (non-hydrogen) atoms. The molecular weight excluding hydrogens is 310 g/mol. The van der Waals surface area contributed by atoms with E-state index in [1.165, 1.54) is 29.1 Å². The third-order valence-electron chi connectivity index (χ3n) is 3.49. The lowest BCUT2D eigenvalue weighted by atomic mass is 9.99. The number of halogens is 2. The number of piperazine rings is 1. The zero-order valence-electron chi connectivity index (χ0n) is 12.4. The molecule has 1 unspecified atom stereocenters. The van der Waals surface area contributed by atoms with Crippen molar-refractivity contribution < 1.29 is 13.6 Å². The van der Waals surface area contributed by atoms with Crippen LogP contribution in [0.1, 0.15) is 11.6 Å². The van der Waals surface area contributed by atoms with Crippen molar-refractivity contribution in [2.24, 2.45) is 10.1 Å². The molecule has 1 aliphatic rings. The van der Waals surface area contributed by atoms with E-state index in [0.717, 1.165) is 24.1 Å². The first-order chi connectivity index (χ1) is 10.4. The van der Waals surface area contributed by atoms with Crippen molar-refractivity contribution in [2.45, 2.75) is 6.04 Å². The van der Waals surface area contributed by atoms with Gasteiger partial charge in [-0.3, -0.25) is 4.79 Å². The molecule has 1 fully saturated rings. The molecule has 2 rings (SSSR count). The number of benzene rings is 1. The molecule has 1 atom stereocenters. The Hall–Kier alpha value is -2.09. The van der Waals surface area contributed by atoms with E-state index < -0.39 is 23.6 Å². The van der Waals surface area contributed by atoms with Crippen molar-refractivity contribution in [3.05, 3.63) is 47.3 Å². The van der Waals surface area contributed by atoms with Crippen molar-refractivity contribution in [1.29, 1.82) is 0 Å². The van der Waals surface area contributed by atoms with Crippen LogP contribution in [0.25, 0.3) is 0 Å². The number of rotatable bonds is 2. The summed E-state index contributed by atoms with van der Waals surface area (Å²) in [6.45, 7) is 0. The minimum absolute atomic E-state index is 0.299. The van der Waals surface area contributed by atoms with Crippen LogP contribution in [0.3, 0.4) is 0 Å². The minimum Gasteiger partial charge on any atom is -0.403 e. The van der Waals surface area contributed by atoms with Crippen LogP contribution in [0.2, 0.25) is 0 Å². The molecule has 0 radical (unpaired) electrons. The highest BCUT2D eigenvalue weighted by Crippen LogP contribution is 2.33. The van der Waals surface area contributed by atoms with E-state index in [1.807, 2.05) is 0 Å². The summed E-state index contributed by atoms with van der Waals surface area (Å²) in [6.07, 6.45) is 2.99. The van der Waals surface area contributed by atoms with E-state index >= 15 is 0 Å². The molecule has 1 aromatic rings. The molecular formula is C14H16F2N4OS. The number of amidine groups is 1. The van der Waals surface area contributed by atoms with Gasteiger partial charge in [0, 0.05) is 26.6 Å². The van der Waals surface area contributed by atoms with Crippen molar-refractivity contribution >= 4 is 23.7 Å². The Balaban J connectivity index is 2.62. The number of likely N-dealkylation sites (N-methyl/N-ethyl adjacent to an activating group) is 2. The number of hydrogen-bond acceptors (Lipinski definition) is 4. The third kappa shape index (κ3) is 2.54. The normalized spacial score (nSPS) is 22.8. The zero-order valence-corrected chi connectivity index (χ0v) is 13.2. The topological polar surface area (TPSA) is 61.9 Å². The predicted molar refractivity (Wildman–Crippen MR) is 82.9 cm³/mol. The maximum atomic E-state index is 14.1. The summed E-state index contributed by atoms with van der Waals surface area (Å²) < 4.78 is 32.4. The van der Waals surface area contributed by atoms with E-state index in [2.05, 4.69) is 4.40 Å². The second kappa shape index (κ2) is 6.35. The molecule has 2 N–H and O–H groups in total. The van der Waals surface area contributed by atoms with Crippen LogP contribution in [0.15, 0.2) is 34.5 Å². The SMILES string of the molecule is CSN=C1/C(=C\N)N(C)C(=O)C(c2c(F)cccc2F)N1C. The van der Waals surface area contributed by atoms with E-state index in [1.54, 1.807) is 13.3 Å². The van der Waals surface area contributed by atoms with Crippen LogP contribution >= 0.6 is 11.9 Å². The van der Waals surface area contributed by atoms with Crippen molar-refractivity contribution in [1.82, 2.24) is 9.80 Å². The first kappa shape index (κ1) is 16.3. The Kier molecular flexibility index (Phi) is 4.70. The van der Waals surface area contributed by atoms with E-state index in [4.69, 9.17) is 5.73 Å². The van der Waals surface area contributed by atoms with Gasteiger partial charge >= 0.3 is 0 Å². The van der Waals surface area contributed by atoms with Gasteiger partial charge in [0.15, 0.2) is 5.84 Å². The molecule has 118 valence electrons. The van der Waals surface area contributed by atoms with Crippen molar-refractivity contribution in [2.75, 3.05) is 20.4 Å². The quantitative estimate of drug-likeness (QED) is 0.843. The second-order valence-corrected chi connectivity index (χ2v) is 5.24. The smallest absolute Gasteiger partial charge is 0.254 e. The third-order valence-corrected chi connectivity index (χ3v) is 3.84. The van der Waals surface area contributed by atoms with Gasteiger partial charge in [-0.05, 0) is 24.1 Å². The number of nitrogens with zero attached hydrogens (tertiary/aromatic N) is 3. The average molecular weight is 326 g/mol. The van der Waals surface area contributed by atoms with Gasteiger partial charge in [-0.15, -0.1) is 0 Å². The van der Waals surface area contributed by atoms with Crippen molar-refractivity contribution in [3.63, 3.8) is 0 Å². The molecule has 8 heteroatoms. The van der Waals surface area contributed by atoms with Crippen LogP contribution in [0.4, 0.5) is 8.78 Å². The summed E-state index contributed by atoms with van der Waals surface area (Å²) in [5.41, 5.74) is 5.65. The van der Waals surface area contributed by atoms with Gasteiger partial charge < -0.3 is 15.5 Å². The van der Waals surface area contributed by atoms with Gasteiger partial charge in [0.1, 0.15) is 23.4 Å². The monoisotopic (exact) mass is 326 g/mol. The van der Waals surface area contributed by atoms with E-state index in [0.29, 0.717) is 11.5 Å². The second-order valence-electron chi connectivity index (χ2n) is 4.70. The van der Waals surface area contributed by atoms with Crippen LogP contribution in [-0.4, -0.2) is 41.9 Å². The summed E-state index contributed by atoms with van der Waals surface area (Å²) in [6, 6.07) is 2.37. The molecule has 0 saturated carbocycles. The maximum absolute atomic E-state index is 14.1. The molecule has 1 amide bonds. The van der Waals surface area contributed by atoms with Gasteiger partial charge in [0.05, 0.1) is 5.56 Å². The number of carbonyl (C=O) groups is 1. The van der Waals surface area contributed by atoms with Crippen LogP contribution in [-0.2, 0) is 4.79 Å². The lowest BCUT2D eigenvalue weighted by Crippen LogP contribution is -2.51. The summed E-state index contributed by atoms with van der Waals surface area (Å²) in [5, 5.41) is 0. The number of hydrogen-bond donors (Lipinski definition) is 1. The molecule has 1 aliphatic heterocycles. The Morgan fingerprint density at radius 3 is 2.41 bits per heavy atom. The van der Waals surface area contributed by atoms with Crippen molar-refractivity contribution in [3.8, 4) is 0 Å². The predicted octanol–water partition coefficient (Wildman–Crippen LogP) is 1.89. The first-order valence-electron chi connectivity index (χ1n) is 6.41. The van der Waals surface area contributed by atoms with Gasteiger partial charge in [-0.25, -0.2) is 8.78 Å². The van der Waals surface area contributed by atoms with E-state index in [9.17, 15) is 13.6 Å². The summed E-state index contributed by atoms with van der Waals surface area (Å²) >= 11 is 1.16. The standard InChI is InChI=1S/C14H16F2N4OS/c1-19-10(7-17)13(18-22-3)20(2)12(14(19)21)11-8(15)5-4-6-9(11)16/h4-7,12H,17H2,1-3H3/b10-7+,18-13?. The van der Waals surface area contributed by atoms with E-state index in [-0.39, 0.29) is 5.56 Å². The molecule has 1 heterocycles. The fourth-order valence-corrected chi connectivity index (χ4v) is 2.79. The van der Waals surface area contributed by atoms with Gasteiger partial charge in [0.2, 0.25) is 0 Å². The van der Waals surface area contributed by atoms with Gasteiger partial charge in [0.25, 0.3) is 5.91 Å². The molecule has 0 bridgehead atoms. The fourth-order valence-electron chi connectivity index (χ4n) is 2.39. The highest BCUT2D eigenvalue weighted by molar-refractivity contribution is 7.97. The molecule has 0 spiro atoms. The summed E-state index contributed by atoms with van der Waals surface area (Å²) in [4.78, 5) is 15.2. The van der Waals surface area contributed by atoms with Crippen LogP contribution in [0, 0.1) is 11.6 Å². The maximum Gasteiger partial charge on any atom is 0.254 e. The summed E-state index contributed by atoms with van der Waals surface area (Å²) in [5.74, 6) is -1.66. The average Bonchev–Trinajstić information content (AvgIpc) is 2.48. The lowest BCUT2D eigenvalue weighted by Gasteiger charge is -2.40. The Bertz CT molecular complexity index is 642. The summed E-state index contributed by atoms with van der Waals surface area (Å²) in [7, 11) is 3.05. The van der Waals surface area contributed by atoms with Crippen LogP contribution < -0.4 is 5.73 Å². The molecule has 0 aromatic heterocycles. The number of nitrogens with two attached hydrogens (primary N) is 1. The highest BCUT2D eigenvalue weighted by atomic mass is 32.2. The Morgan fingerprint density at radius 2 is 1.91 bits per heavy atom. The van der Waals surface area contributed by atoms with Gasteiger partial charge in [-0.1, -0.05) is 6.07 Å². The van der Waals surface area contributed by atoms with Gasteiger partial charge in [-0.2, -0.15) is 4.40 Å². The number of carbonyl (C=O) groups excluding carboxylic acids is 1. The Labute approximate surface area is 131 Å². The first-order valence-corrected chi connectivity index (χ1v) is 7.59. The Morgan fingerprint density at radius 1 is 1.32 bits per heavy atom. The molecule has 1 aromatic carbocycles. The fraction of sp³-hybridized carbons (Fsp3) is 0.286. The highest BCUT2D eigenvalue weighted by Gasteiger charge is 2.41. The minimum atomic E-state index is -1.14. The van der Waals surface area contributed by atoms with Crippen LogP contribution in [0.5, 0.6) is 0 Å². The lowest BCUT2D eigenvalue weighted by molar-refractivity contribution is -0.133. The largest absolute Gasteiger partial charge is 0.403 e. The molecule has 0 aliphatic carbocycles. The molecule has 5 nitrogen and oxygen atoms in total.